The lowest BCUT2D eigenvalue weighted by molar-refractivity contribution is 0.0656. The van der Waals surface area contributed by atoms with Crippen molar-refractivity contribution in [2.45, 2.75) is 24.2 Å². The Morgan fingerprint density at radius 1 is 1.15 bits per heavy atom. The zero-order chi connectivity index (χ0) is 14.4. The minimum atomic E-state index is -3.59. The van der Waals surface area contributed by atoms with Gasteiger partial charge in [-0.25, -0.2) is 8.42 Å². The Morgan fingerprint density at radius 2 is 1.80 bits per heavy atom. The number of benzene rings is 1. The van der Waals surface area contributed by atoms with Gasteiger partial charge < -0.3 is 4.90 Å². The molecule has 1 aromatic carbocycles. The number of rotatable bonds is 6. The first-order chi connectivity index (χ1) is 9.58. The van der Waals surface area contributed by atoms with Gasteiger partial charge in [-0.05, 0) is 50.2 Å². The summed E-state index contributed by atoms with van der Waals surface area (Å²) in [5.74, 6) is 0. The predicted molar refractivity (Wildman–Crippen MR) is 80.7 cm³/mol. The van der Waals surface area contributed by atoms with Crippen molar-refractivity contribution in [3.63, 3.8) is 0 Å². The van der Waals surface area contributed by atoms with Crippen LogP contribution in [-0.2, 0) is 14.9 Å². The normalized spacial score (nSPS) is 17.2. The van der Waals surface area contributed by atoms with Crippen LogP contribution < -0.4 is 4.89 Å². The van der Waals surface area contributed by atoms with Crippen LogP contribution in [0.15, 0.2) is 33.6 Å². The van der Waals surface area contributed by atoms with Crippen LogP contribution in [0.4, 0.5) is 0 Å². The average Bonchev–Trinajstić information content (AvgIpc) is 2.45. The zero-order valence-electron chi connectivity index (χ0n) is 11.2. The Morgan fingerprint density at radius 3 is 2.45 bits per heavy atom. The second kappa shape index (κ2) is 7.51. The van der Waals surface area contributed by atoms with Crippen LogP contribution >= 0.6 is 15.9 Å². The van der Waals surface area contributed by atoms with Gasteiger partial charge in [0.1, 0.15) is 0 Å². The van der Waals surface area contributed by atoms with E-state index in [0.717, 1.165) is 24.1 Å². The predicted octanol–water partition coefficient (Wildman–Crippen LogP) is 2.14. The molecule has 0 radical (unpaired) electrons. The molecule has 20 heavy (non-hydrogen) atoms. The van der Waals surface area contributed by atoms with Crippen LogP contribution in [0.25, 0.3) is 0 Å². The summed E-state index contributed by atoms with van der Waals surface area (Å²) in [5.41, 5.74) is 0. The molecular formula is C13H19BrN2O3S. The van der Waals surface area contributed by atoms with E-state index in [1.165, 1.54) is 31.4 Å². The van der Waals surface area contributed by atoms with E-state index in [9.17, 15) is 8.42 Å². The van der Waals surface area contributed by atoms with Gasteiger partial charge in [0.2, 0.25) is 0 Å². The lowest BCUT2D eigenvalue weighted by Crippen LogP contribution is -2.35. The van der Waals surface area contributed by atoms with Gasteiger partial charge in [-0.15, -0.1) is 0 Å². The molecule has 1 aliphatic heterocycles. The quantitative estimate of drug-likeness (QED) is 0.622. The highest BCUT2D eigenvalue weighted by Gasteiger charge is 2.14. The number of sulfonamides is 1. The largest absolute Gasteiger partial charge is 0.301 e. The Kier molecular flexibility index (Phi) is 5.98. The Bertz CT molecular complexity index is 513. The minimum Gasteiger partial charge on any atom is -0.301 e. The van der Waals surface area contributed by atoms with E-state index < -0.39 is 10.0 Å². The molecule has 1 N–H and O–H groups in total. The van der Waals surface area contributed by atoms with Gasteiger partial charge in [-0.3, -0.25) is 4.84 Å². The third kappa shape index (κ3) is 4.82. The van der Waals surface area contributed by atoms with E-state index in [1.54, 1.807) is 12.1 Å². The SMILES string of the molecule is O=S(=O)(NOCCN1CCCCC1)c1ccc(Br)cc1. The van der Waals surface area contributed by atoms with E-state index in [-0.39, 0.29) is 4.90 Å². The molecule has 1 heterocycles. The van der Waals surface area contributed by atoms with Gasteiger partial charge in [0.05, 0.1) is 11.5 Å². The summed E-state index contributed by atoms with van der Waals surface area (Å²) < 4.78 is 24.7. The van der Waals surface area contributed by atoms with Gasteiger partial charge in [-0.2, -0.15) is 0 Å². The summed E-state index contributed by atoms with van der Waals surface area (Å²) in [4.78, 5) is 9.74. The number of hydrogen-bond donors (Lipinski definition) is 1. The first-order valence-corrected chi connectivity index (χ1v) is 8.97. The van der Waals surface area contributed by atoms with Crippen LogP contribution in [0.3, 0.4) is 0 Å². The van der Waals surface area contributed by atoms with Crippen molar-refractivity contribution in [3.8, 4) is 0 Å². The fourth-order valence-electron chi connectivity index (χ4n) is 2.14. The fraction of sp³-hybridized carbons (Fsp3) is 0.538. The highest BCUT2D eigenvalue weighted by Crippen LogP contribution is 2.14. The number of likely N-dealkylation sites (tertiary alicyclic amines) is 1. The summed E-state index contributed by atoms with van der Waals surface area (Å²) >= 11 is 3.27. The van der Waals surface area contributed by atoms with Gasteiger partial charge in [0, 0.05) is 11.0 Å². The van der Waals surface area contributed by atoms with Crippen molar-refractivity contribution < 1.29 is 13.3 Å². The highest BCUT2D eigenvalue weighted by molar-refractivity contribution is 9.10. The molecule has 0 aliphatic carbocycles. The number of nitrogens with one attached hydrogen (secondary N) is 1. The molecule has 112 valence electrons. The molecule has 0 spiro atoms. The molecule has 0 amide bonds. The second-order valence-corrected chi connectivity index (χ2v) is 7.35. The van der Waals surface area contributed by atoms with Crippen LogP contribution in [-0.4, -0.2) is 39.6 Å². The zero-order valence-corrected chi connectivity index (χ0v) is 13.6. The molecule has 0 saturated carbocycles. The van der Waals surface area contributed by atoms with Gasteiger partial charge >= 0.3 is 0 Å². The lowest BCUT2D eigenvalue weighted by atomic mass is 10.1. The Hall–Kier alpha value is -0.470. The van der Waals surface area contributed by atoms with Crippen molar-refractivity contribution >= 4 is 26.0 Å². The summed E-state index contributed by atoms with van der Waals surface area (Å²) in [5, 5.41) is 0. The Labute approximate surface area is 128 Å². The van der Waals surface area contributed by atoms with E-state index in [1.807, 2.05) is 0 Å². The molecule has 1 fully saturated rings. The fourth-order valence-corrected chi connectivity index (χ4v) is 3.23. The lowest BCUT2D eigenvalue weighted by Gasteiger charge is -2.25. The molecule has 7 heteroatoms. The molecule has 0 atom stereocenters. The molecule has 2 rings (SSSR count). The first-order valence-electron chi connectivity index (χ1n) is 6.69. The number of halogens is 1. The highest BCUT2D eigenvalue weighted by atomic mass is 79.9. The Balaban J connectivity index is 1.76. The molecule has 5 nitrogen and oxygen atoms in total. The molecule has 1 aliphatic rings. The maximum Gasteiger partial charge on any atom is 0.262 e. The van der Waals surface area contributed by atoms with Crippen molar-refractivity contribution in [1.29, 1.82) is 0 Å². The molecule has 1 saturated heterocycles. The van der Waals surface area contributed by atoms with Crippen LogP contribution in [0.2, 0.25) is 0 Å². The van der Waals surface area contributed by atoms with Gasteiger partial charge in [-0.1, -0.05) is 27.2 Å². The van der Waals surface area contributed by atoms with E-state index in [0.29, 0.717) is 6.61 Å². The summed E-state index contributed by atoms with van der Waals surface area (Å²) in [6.07, 6.45) is 3.71. The standard InChI is InChI=1S/C13H19BrN2O3S/c14-12-4-6-13(7-5-12)20(17,18)15-19-11-10-16-8-2-1-3-9-16/h4-7,15H,1-3,8-11H2. The number of hydrogen-bond acceptors (Lipinski definition) is 4. The summed E-state index contributed by atoms with van der Waals surface area (Å²) in [7, 11) is -3.59. The third-order valence-electron chi connectivity index (χ3n) is 3.25. The maximum atomic E-state index is 11.9. The van der Waals surface area contributed by atoms with Gasteiger partial charge in [0.25, 0.3) is 10.0 Å². The van der Waals surface area contributed by atoms with Crippen molar-refractivity contribution in [2.24, 2.45) is 0 Å². The second-order valence-electron chi connectivity index (χ2n) is 4.79. The maximum absolute atomic E-state index is 11.9. The van der Waals surface area contributed by atoms with E-state index in [2.05, 4.69) is 25.7 Å². The van der Waals surface area contributed by atoms with Crippen LogP contribution in [0.5, 0.6) is 0 Å². The van der Waals surface area contributed by atoms with Crippen molar-refractivity contribution in [2.75, 3.05) is 26.2 Å². The summed E-state index contributed by atoms with van der Waals surface area (Å²) in [6.45, 7) is 3.25. The van der Waals surface area contributed by atoms with Gasteiger partial charge in [0.15, 0.2) is 0 Å². The van der Waals surface area contributed by atoms with Crippen LogP contribution in [0, 0.1) is 0 Å². The van der Waals surface area contributed by atoms with E-state index in [4.69, 9.17) is 4.84 Å². The smallest absolute Gasteiger partial charge is 0.262 e. The third-order valence-corrected chi connectivity index (χ3v) is 5.01. The van der Waals surface area contributed by atoms with Crippen LogP contribution in [0.1, 0.15) is 19.3 Å². The number of piperidine rings is 1. The summed E-state index contributed by atoms with van der Waals surface area (Å²) in [6, 6.07) is 6.42. The molecule has 0 aromatic heterocycles. The van der Waals surface area contributed by atoms with Crippen molar-refractivity contribution in [1.82, 2.24) is 9.79 Å². The molecule has 1 aromatic rings. The minimum absolute atomic E-state index is 0.193. The monoisotopic (exact) mass is 362 g/mol. The molecule has 0 bridgehead atoms. The van der Waals surface area contributed by atoms with Crippen molar-refractivity contribution in [3.05, 3.63) is 28.7 Å². The molecular weight excluding hydrogens is 344 g/mol. The first kappa shape index (κ1) is 15.9. The van der Waals surface area contributed by atoms with E-state index >= 15 is 0 Å². The average molecular weight is 363 g/mol. The molecule has 0 unspecified atom stereocenters. The topological polar surface area (TPSA) is 58.6 Å². The number of nitrogens with zero attached hydrogens (tertiary/aromatic N) is 1.